The number of para-hydroxylation sites is 1. The highest BCUT2D eigenvalue weighted by Gasteiger charge is 2.24. The Morgan fingerprint density at radius 2 is 1.74 bits per heavy atom. The zero-order valence-electron chi connectivity index (χ0n) is 15.8. The van der Waals surface area contributed by atoms with E-state index in [4.69, 9.17) is 9.97 Å². The van der Waals surface area contributed by atoms with Crippen LogP contribution in [0.5, 0.6) is 5.75 Å². The Morgan fingerprint density at radius 1 is 1.00 bits per heavy atom. The molecule has 0 bridgehead atoms. The molecule has 0 unspecified atom stereocenters. The summed E-state index contributed by atoms with van der Waals surface area (Å²) in [5.74, 6) is 1.73. The first kappa shape index (κ1) is 17.5. The van der Waals surface area contributed by atoms with Crippen LogP contribution < -0.4 is 4.90 Å². The van der Waals surface area contributed by atoms with Gasteiger partial charge in [0.15, 0.2) is 5.82 Å². The normalized spacial score (nSPS) is 14.0. The van der Waals surface area contributed by atoms with E-state index in [1.165, 1.54) is 11.1 Å². The number of phenolic OH excluding ortho intramolecular Hbond substituents is 1. The number of hydrogen-bond donors (Lipinski definition) is 1. The topological polar surface area (TPSA) is 52.5 Å². The summed E-state index contributed by atoms with van der Waals surface area (Å²) in [6.45, 7) is 2.72. The molecule has 1 aliphatic heterocycles. The van der Waals surface area contributed by atoms with E-state index >= 15 is 0 Å². The van der Waals surface area contributed by atoms with Gasteiger partial charge in [0.2, 0.25) is 0 Å². The molecule has 2 heterocycles. The minimum absolute atomic E-state index is 0.212. The van der Waals surface area contributed by atoms with Gasteiger partial charge in [-0.1, -0.05) is 42.5 Å². The zero-order chi connectivity index (χ0) is 18.8. The van der Waals surface area contributed by atoms with E-state index in [2.05, 4.69) is 29.2 Å². The molecule has 0 spiro atoms. The van der Waals surface area contributed by atoms with Crippen LogP contribution in [0.15, 0.2) is 54.6 Å². The lowest BCUT2D eigenvalue weighted by Gasteiger charge is -2.31. The predicted octanol–water partition coefficient (Wildman–Crippen LogP) is 3.47. The van der Waals surface area contributed by atoms with Crippen molar-refractivity contribution in [2.45, 2.75) is 19.5 Å². The number of fused-ring (bicyclic) bond motifs is 1. The summed E-state index contributed by atoms with van der Waals surface area (Å²) in [4.78, 5) is 14.1. The van der Waals surface area contributed by atoms with E-state index in [1.54, 1.807) is 6.07 Å². The summed E-state index contributed by atoms with van der Waals surface area (Å²) in [6.07, 6.45) is 0.881. The highest BCUT2D eigenvalue weighted by molar-refractivity contribution is 5.66. The average Bonchev–Trinajstić information content (AvgIpc) is 2.68. The third-order valence-corrected chi connectivity index (χ3v) is 4.94. The molecule has 0 amide bonds. The first-order valence-electron chi connectivity index (χ1n) is 9.23. The van der Waals surface area contributed by atoms with Crippen LogP contribution in [0.3, 0.4) is 0 Å². The monoisotopic (exact) mass is 360 g/mol. The van der Waals surface area contributed by atoms with Gasteiger partial charge in [0, 0.05) is 45.7 Å². The maximum Gasteiger partial charge on any atom is 0.165 e. The van der Waals surface area contributed by atoms with Crippen molar-refractivity contribution < 1.29 is 5.11 Å². The molecular formula is C22H24N4O. The van der Waals surface area contributed by atoms with E-state index < -0.39 is 0 Å². The van der Waals surface area contributed by atoms with Gasteiger partial charge in [-0.2, -0.15) is 0 Å². The molecule has 1 aromatic heterocycles. The largest absolute Gasteiger partial charge is 0.507 e. The van der Waals surface area contributed by atoms with Crippen molar-refractivity contribution in [3.05, 3.63) is 71.4 Å². The Morgan fingerprint density at radius 3 is 2.48 bits per heavy atom. The summed E-state index contributed by atoms with van der Waals surface area (Å²) in [5.41, 5.74) is 4.26. The minimum atomic E-state index is 0.212. The molecule has 0 aliphatic carbocycles. The maximum atomic E-state index is 10.2. The molecule has 0 saturated carbocycles. The molecular weight excluding hydrogens is 336 g/mol. The van der Waals surface area contributed by atoms with Gasteiger partial charge in [0.05, 0.1) is 11.3 Å². The summed E-state index contributed by atoms with van der Waals surface area (Å²) in [7, 11) is 4.01. The smallest absolute Gasteiger partial charge is 0.165 e. The van der Waals surface area contributed by atoms with Crippen molar-refractivity contribution in [2.24, 2.45) is 0 Å². The highest BCUT2D eigenvalue weighted by atomic mass is 16.3. The summed E-state index contributed by atoms with van der Waals surface area (Å²) in [6, 6.07) is 17.8. The van der Waals surface area contributed by atoms with E-state index in [0.717, 1.165) is 37.6 Å². The second kappa shape index (κ2) is 7.37. The first-order chi connectivity index (χ1) is 13.1. The number of hydrogen-bond acceptors (Lipinski definition) is 5. The van der Waals surface area contributed by atoms with Crippen LogP contribution in [0, 0.1) is 0 Å². The maximum absolute atomic E-state index is 10.2. The molecule has 3 aromatic rings. The molecule has 5 heteroatoms. The Hall–Kier alpha value is -2.92. The molecule has 1 N–H and O–H groups in total. The van der Waals surface area contributed by atoms with Gasteiger partial charge < -0.3 is 10.0 Å². The van der Waals surface area contributed by atoms with Gasteiger partial charge in [0.1, 0.15) is 11.6 Å². The van der Waals surface area contributed by atoms with Gasteiger partial charge in [-0.05, 0) is 17.7 Å². The van der Waals surface area contributed by atoms with Crippen molar-refractivity contribution in [3.63, 3.8) is 0 Å². The lowest BCUT2D eigenvalue weighted by molar-refractivity contribution is 0.243. The molecule has 138 valence electrons. The molecule has 27 heavy (non-hydrogen) atoms. The molecule has 0 saturated heterocycles. The van der Waals surface area contributed by atoms with Gasteiger partial charge in [-0.25, -0.2) is 9.97 Å². The van der Waals surface area contributed by atoms with Gasteiger partial charge in [0.25, 0.3) is 0 Å². The molecule has 4 rings (SSSR count). The summed E-state index contributed by atoms with van der Waals surface area (Å²) in [5, 5.41) is 10.2. The first-order valence-corrected chi connectivity index (χ1v) is 9.23. The van der Waals surface area contributed by atoms with Crippen LogP contribution in [0.1, 0.15) is 16.8 Å². The predicted molar refractivity (Wildman–Crippen MR) is 108 cm³/mol. The SMILES string of the molecule is CN(C)c1nc(-c2ccccc2O)nc2c1CN(Cc1ccccc1)CC2. The Kier molecular flexibility index (Phi) is 4.77. The molecule has 5 nitrogen and oxygen atoms in total. The van der Waals surface area contributed by atoms with E-state index in [0.29, 0.717) is 11.4 Å². The van der Waals surface area contributed by atoms with E-state index in [-0.39, 0.29) is 5.75 Å². The summed E-state index contributed by atoms with van der Waals surface area (Å²) < 4.78 is 0. The quantitative estimate of drug-likeness (QED) is 0.772. The minimum Gasteiger partial charge on any atom is -0.507 e. The Bertz CT molecular complexity index is 940. The lowest BCUT2D eigenvalue weighted by atomic mass is 10.0. The second-order valence-electron chi connectivity index (χ2n) is 7.15. The number of anilines is 1. The molecule has 0 atom stereocenters. The van der Waals surface area contributed by atoms with E-state index in [9.17, 15) is 5.11 Å². The number of benzene rings is 2. The highest BCUT2D eigenvalue weighted by Crippen LogP contribution is 2.32. The van der Waals surface area contributed by atoms with Crippen LogP contribution in [-0.4, -0.2) is 40.6 Å². The molecule has 2 aromatic carbocycles. The summed E-state index contributed by atoms with van der Waals surface area (Å²) >= 11 is 0. The third-order valence-electron chi connectivity index (χ3n) is 4.94. The number of aromatic nitrogens is 2. The van der Waals surface area contributed by atoms with Crippen molar-refractivity contribution >= 4 is 5.82 Å². The Balaban J connectivity index is 1.68. The number of nitrogens with zero attached hydrogens (tertiary/aromatic N) is 4. The van der Waals surface area contributed by atoms with Crippen LogP contribution >= 0.6 is 0 Å². The second-order valence-corrected chi connectivity index (χ2v) is 7.15. The fraction of sp³-hybridized carbons (Fsp3) is 0.273. The fourth-order valence-electron chi connectivity index (χ4n) is 3.58. The fourth-order valence-corrected chi connectivity index (χ4v) is 3.58. The van der Waals surface area contributed by atoms with Crippen molar-refractivity contribution in [1.82, 2.24) is 14.9 Å². The number of aromatic hydroxyl groups is 1. The van der Waals surface area contributed by atoms with Crippen molar-refractivity contribution in [3.8, 4) is 17.1 Å². The number of phenols is 1. The lowest BCUT2D eigenvalue weighted by Crippen LogP contribution is -2.32. The van der Waals surface area contributed by atoms with Crippen LogP contribution in [-0.2, 0) is 19.5 Å². The molecule has 0 radical (unpaired) electrons. The van der Waals surface area contributed by atoms with Gasteiger partial charge in [-0.3, -0.25) is 4.90 Å². The molecule has 0 fully saturated rings. The van der Waals surface area contributed by atoms with Crippen molar-refractivity contribution in [2.75, 3.05) is 25.5 Å². The van der Waals surface area contributed by atoms with Crippen molar-refractivity contribution in [1.29, 1.82) is 0 Å². The van der Waals surface area contributed by atoms with Crippen LogP contribution in [0.25, 0.3) is 11.4 Å². The average molecular weight is 360 g/mol. The standard InChI is InChI=1S/C22H24N4O/c1-25(2)22-18-15-26(14-16-8-4-3-5-9-16)13-12-19(18)23-21(24-22)17-10-6-7-11-20(17)27/h3-11,27H,12-15H2,1-2H3. The van der Waals surface area contributed by atoms with Gasteiger partial charge in [-0.15, -0.1) is 0 Å². The number of rotatable bonds is 4. The van der Waals surface area contributed by atoms with Crippen LogP contribution in [0.2, 0.25) is 0 Å². The molecule has 1 aliphatic rings. The van der Waals surface area contributed by atoms with Gasteiger partial charge >= 0.3 is 0 Å². The zero-order valence-corrected chi connectivity index (χ0v) is 15.8. The van der Waals surface area contributed by atoms with Crippen LogP contribution in [0.4, 0.5) is 5.82 Å². The van der Waals surface area contributed by atoms with E-state index in [1.807, 2.05) is 43.3 Å². The Labute approximate surface area is 159 Å². The third kappa shape index (κ3) is 3.64.